The first-order valence-corrected chi connectivity index (χ1v) is 3.95. The number of carbonyl (C=O) groups is 1. The lowest BCUT2D eigenvalue weighted by molar-refractivity contribution is -0.143. The second kappa shape index (κ2) is 4.94. The highest BCUT2D eigenvalue weighted by molar-refractivity contribution is 5.87. The maximum absolute atomic E-state index is 11.1. The summed E-state index contributed by atoms with van der Waals surface area (Å²) in [5.41, 5.74) is 0.672. The van der Waals surface area contributed by atoms with E-state index in [2.05, 4.69) is 0 Å². The molecule has 0 aliphatic carbocycles. The molecule has 2 nitrogen and oxygen atoms in total. The molecule has 0 amide bonds. The van der Waals surface area contributed by atoms with Crippen molar-refractivity contribution in [1.82, 2.24) is 0 Å². The molecule has 1 unspecified atom stereocenters. The lowest BCUT2D eigenvalue weighted by Gasteiger charge is -2.10. The molecule has 0 saturated heterocycles. The van der Waals surface area contributed by atoms with Gasteiger partial charge in [-0.25, -0.2) is 4.79 Å². The fraction of sp³-hybridized carbons (Fsp3) is 0.667. The molecule has 0 aromatic heterocycles. The van der Waals surface area contributed by atoms with Crippen LogP contribution in [0.4, 0.5) is 0 Å². The molecule has 2 heteroatoms. The van der Waals surface area contributed by atoms with Gasteiger partial charge < -0.3 is 4.74 Å². The van der Waals surface area contributed by atoms with Gasteiger partial charge in [-0.15, -0.1) is 0 Å². The van der Waals surface area contributed by atoms with Gasteiger partial charge in [0.05, 0.1) is 6.10 Å². The summed E-state index contributed by atoms with van der Waals surface area (Å²) < 4.78 is 5.04. The van der Waals surface area contributed by atoms with E-state index in [9.17, 15) is 4.79 Å². The summed E-state index contributed by atoms with van der Waals surface area (Å²) in [6.07, 6.45) is 2.64. The fourth-order valence-electron chi connectivity index (χ4n) is 0.477. The summed E-state index contributed by atoms with van der Waals surface area (Å²) in [7, 11) is 0. The number of rotatable bonds is 3. The van der Waals surface area contributed by atoms with Crippen molar-refractivity contribution in [3.05, 3.63) is 11.6 Å². The molecule has 0 bridgehead atoms. The lowest BCUT2D eigenvalue weighted by atomic mass is 10.3. The molecule has 0 rings (SSSR count). The molecule has 0 aliphatic heterocycles. The molecule has 64 valence electrons. The van der Waals surface area contributed by atoms with Gasteiger partial charge in [0.25, 0.3) is 0 Å². The molecule has 1 atom stereocenters. The van der Waals surface area contributed by atoms with Crippen LogP contribution in [-0.2, 0) is 9.53 Å². The van der Waals surface area contributed by atoms with E-state index in [0.29, 0.717) is 5.57 Å². The summed E-state index contributed by atoms with van der Waals surface area (Å²) in [5.74, 6) is -0.207. The van der Waals surface area contributed by atoms with Crippen LogP contribution in [0.5, 0.6) is 0 Å². The maximum Gasteiger partial charge on any atom is 0.333 e. The van der Waals surface area contributed by atoms with Gasteiger partial charge in [-0.3, -0.25) is 0 Å². The molecule has 0 aromatic rings. The molecular weight excluding hydrogens is 140 g/mol. The van der Waals surface area contributed by atoms with Crippen molar-refractivity contribution < 1.29 is 9.53 Å². The van der Waals surface area contributed by atoms with E-state index >= 15 is 0 Å². The second-order valence-corrected chi connectivity index (χ2v) is 2.60. The fourth-order valence-corrected chi connectivity index (χ4v) is 0.477. The summed E-state index contributed by atoms with van der Waals surface area (Å²) in [6.45, 7) is 7.46. The monoisotopic (exact) mass is 156 g/mol. The number of esters is 1. The Morgan fingerprint density at radius 1 is 1.64 bits per heavy atom. The van der Waals surface area contributed by atoms with E-state index < -0.39 is 0 Å². The van der Waals surface area contributed by atoms with Gasteiger partial charge in [0, 0.05) is 5.57 Å². The number of ether oxygens (including phenoxy) is 1. The number of hydrogen-bond donors (Lipinski definition) is 0. The topological polar surface area (TPSA) is 26.3 Å². The van der Waals surface area contributed by atoms with E-state index in [1.54, 1.807) is 13.0 Å². The summed E-state index contributed by atoms with van der Waals surface area (Å²) >= 11 is 0. The van der Waals surface area contributed by atoms with Gasteiger partial charge >= 0.3 is 5.97 Å². The highest BCUT2D eigenvalue weighted by Crippen LogP contribution is 2.02. The summed E-state index contributed by atoms with van der Waals surface area (Å²) in [6, 6.07) is 0. The second-order valence-electron chi connectivity index (χ2n) is 2.60. The SMILES string of the molecule is C/C=C(\C)C(=O)OC(C)CC. The quantitative estimate of drug-likeness (QED) is 0.463. The van der Waals surface area contributed by atoms with Crippen molar-refractivity contribution in [3.63, 3.8) is 0 Å². The Morgan fingerprint density at radius 3 is 2.55 bits per heavy atom. The van der Waals surface area contributed by atoms with Crippen molar-refractivity contribution in [3.8, 4) is 0 Å². The molecule has 0 saturated carbocycles. The van der Waals surface area contributed by atoms with E-state index in [4.69, 9.17) is 4.74 Å². The Morgan fingerprint density at radius 2 is 2.18 bits per heavy atom. The lowest BCUT2D eigenvalue weighted by Crippen LogP contribution is -2.14. The molecule has 11 heavy (non-hydrogen) atoms. The maximum atomic E-state index is 11.1. The highest BCUT2D eigenvalue weighted by Gasteiger charge is 2.07. The molecule has 0 spiro atoms. The number of allylic oxidation sites excluding steroid dienone is 1. The van der Waals surface area contributed by atoms with Gasteiger partial charge in [-0.1, -0.05) is 13.0 Å². The summed E-state index contributed by atoms with van der Waals surface area (Å²) in [4.78, 5) is 11.1. The summed E-state index contributed by atoms with van der Waals surface area (Å²) in [5, 5.41) is 0. The van der Waals surface area contributed by atoms with Gasteiger partial charge in [-0.2, -0.15) is 0 Å². The van der Waals surface area contributed by atoms with E-state index in [1.807, 2.05) is 20.8 Å². The van der Waals surface area contributed by atoms with Crippen LogP contribution >= 0.6 is 0 Å². The average Bonchev–Trinajstić information content (AvgIpc) is 2.02. The zero-order valence-corrected chi connectivity index (χ0v) is 7.68. The van der Waals surface area contributed by atoms with Crippen LogP contribution in [0.25, 0.3) is 0 Å². The molecular formula is C9H16O2. The van der Waals surface area contributed by atoms with Crippen LogP contribution in [-0.4, -0.2) is 12.1 Å². The van der Waals surface area contributed by atoms with Crippen LogP contribution in [0.2, 0.25) is 0 Å². The largest absolute Gasteiger partial charge is 0.459 e. The Balaban J connectivity index is 3.88. The Labute approximate surface area is 68.2 Å². The standard InChI is InChI=1S/C9H16O2/c1-5-7(3)9(10)11-8(4)6-2/h5,8H,6H2,1-4H3/b7-5+. The molecule has 0 aromatic carbocycles. The molecule has 0 N–H and O–H groups in total. The van der Waals surface area contributed by atoms with Crippen molar-refractivity contribution in [2.75, 3.05) is 0 Å². The molecule has 0 radical (unpaired) electrons. The third-order valence-corrected chi connectivity index (χ3v) is 1.64. The molecule has 0 aliphatic rings. The van der Waals surface area contributed by atoms with Gasteiger partial charge in [-0.05, 0) is 27.2 Å². The minimum absolute atomic E-state index is 0.0254. The third kappa shape index (κ3) is 3.81. The molecule has 0 fully saturated rings. The van der Waals surface area contributed by atoms with Crippen molar-refractivity contribution >= 4 is 5.97 Å². The average molecular weight is 156 g/mol. The van der Waals surface area contributed by atoms with Gasteiger partial charge in [0.2, 0.25) is 0 Å². The minimum Gasteiger partial charge on any atom is -0.459 e. The normalized spacial score (nSPS) is 14.4. The van der Waals surface area contributed by atoms with E-state index in [0.717, 1.165) is 6.42 Å². The zero-order valence-electron chi connectivity index (χ0n) is 7.68. The molecule has 0 heterocycles. The smallest absolute Gasteiger partial charge is 0.333 e. The van der Waals surface area contributed by atoms with Crippen LogP contribution in [0, 0.1) is 0 Å². The predicted octanol–water partition coefficient (Wildman–Crippen LogP) is 2.29. The van der Waals surface area contributed by atoms with Crippen LogP contribution in [0.1, 0.15) is 34.1 Å². The van der Waals surface area contributed by atoms with Crippen LogP contribution in [0.3, 0.4) is 0 Å². The Bertz CT molecular complexity index is 159. The van der Waals surface area contributed by atoms with Gasteiger partial charge in [0.15, 0.2) is 0 Å². The predicted molar refractivity (Wildman–Crippen MR) is 45.3 cm³/mol. The first-order valence-electron chi connectivity index (χ1n) is 3.95. The third-order valence-electron chi connectivity index (χ3n) is 1.64. The first-order chi connectivity index (χ1) is 5.11. The van der Waals surface area contributed by atoms with Crippen LogP contribution < -0.4 is 0 Å². The van der Waals surface area contributed by atoms with Crippen molar-refractivity contribution in [1.29, 1.82) is 0 Å². The zero-order chi connectivity index (χ0) is 8.85. The first kappa shape index (κ1) is 10.2. The highest BCUT2D eigenvalue weighted by atomic mass is 16.5. The Kier molecular flexibility index (Phi) is 4.59. The Hall–Kier alpha value is -0.790. The van der Waals surface area contributed by atoms with Crippen LogP contribution in [0.15, 0.2) is 11.6 Å². The van der Waals surface area contributed by atoms with Gasteiger partial charge in [0.1, 0.15) is 0 Å². The van der Waals surface area contributed by atoms with Crippen molar-refractivity contribution in [2.24, 2.45) is 0 Å². The number of hydrogen-bond acceptors (Lipinski definition) is 2. The minimum atomic E-state index is -0.207. The van der Waals surface area contributed by atoms with Crippen molar-refractivity contribution in [2.45, 2.75) is 40.2 Å². The van der Waals surface area contributed by atoms with E-state index in [-0.39, 0.29) is 12.1 Å². The number of carbonyl (C=O) groups excluding carboxylic acids is 1. The van der Waals surface area contributed by atoms with E-state index in [1.165, 1.54) is 0 Å².